The van der Waals surface area contributed by atoms with Crippen molar-refractivity contribution in [1.29, 1.82) is 0 Å². The van der Waals surface area contributed by atoms with Crippen LogP contribution in [0, 0.1) is 0 Å². The molecule has 0 saturated heterocycles. The van der Waals surface area contributed by atoms with E-state index in [9.17, 15) is 0 Å². The summed E-state index contributed by atoms with van der Waals surface area (Å²) in [5.74, 6) is 0. The second kappa shape index (κ2) is 4.81. The van der Waals surface area contributed by atoms with E-state index in [2.05, 4.69) is 22.0 Å². The van der Waals surface area contributed by atoms with Crippen molar-refractivity contribution in [3.8, 4) is 0 Å². The van der Waals surface area contributed by atoms with Crippen LogP contribution in [-0.2, 0) is 4.74 Å². The molecule has 0 bridgehead atoms. The zero-order valence-electron chi connectivity index (χ0n) is 8.45. The van der Waals surface area contributed by atoms with Gasteiger partial charge in [0.15, 0.2) is 0 Å². The molecular weight excluding hydrogens is 254 g/mol. The number of halogens is 1. The fourth-order valence-corrected chi connectivity index (χ4v) is 2.14. The lowest BCUT2D eigenvalue weighted by atomic mass is 9.96. The predicted molar refractivity (Wildman–Crippen MR) is 64.3 cm³/mol. The first-order valence-electron chi connectivity index (χ1n) is 5.09. The first kappa shape index (κ1) is 10.7. The summed E-state index contributed by atoms with van der Waals surface area (Å²) in [6.45, 7) is 0.814. The van der Waals surface area contributed by atoms with Crippen molar-refractivity contribution in [2.75, 3.05) is 6.61 Å². The molecule has 1 aliphatic heterocycles. The quantitative estimate of drug-likeness (QED) is 0.894. The van der Waals surface area contributed by atoms with Crippen LogP contribution in [0.4, 0.5) is 0 Å². The SMILES string of the molecule is NC(C1=COCCC1)c1cccc(Br)c1. The van der Waals surface area contributed by atoms with E-state index in [1.807, 2.05) is 24.5 Å². The van der Waals surface area contributed by atoms with Gasteiger partial charge in [0.25, 0.3) is 0 Å². The highest BCUT2D eigenvalue weighted by Crippen LogP contribution is 2.26. The van der Waals surface area contributed by atoms with E-state index >= 15 is 0 Å². The highest BCUT2D eigenvalue weighted by Gasteiger charge is 2.14. The van der Waals surface area contributed by atoms with Crippen molar-refractivity contribution in [3.63, 3.8) is 0 Å². The average Bonchev–Trinajstić information content (AvgIpc) is 2.29. The summed E-state index contributed by atoms with van der Waals surface area (Å²) in [6.07, 6.45) is 3.91. The van der Waals surface area contributed by atoms with Crippen molar-refractivity contribution >= 4 is 15.9 Å². The Kier molecular flexibility index (Phi) is 3.44. The van der Waals surface area contributed by atoms with Crippen LogP contribution in [0.2, 0.25) is 0 Å². The zero-order valence-corrected chi connectivity index (χ0v) is 10.0. The maximum absolute atomic E-state index is 6.17. The van der Waals surface area contributed by atoms with E-state index in [4.69, 9.17) is 10.5 Å². The predicted octanol–water partition coefficient (Wildman–Crippen LogP) is 3.14. The van der Waals surface area contributed by atoms with Crippen LogP contribution in [-0.4, -0.2) is 6.61 Å². The van der Waals surface area contributed by atoms with Crippen molar-refractivity contribution in [1.82, 2.24) is 0 Å². The summed E-state index contributed by atoms with van der Waals surface area (Å²) in [6, 6.07) is 8.07. The van der Waals surface area contributed by atoms with E-state index in [-0.39, 0.29) is 6.04 Å². The summed E-state index contributed by atoms with van der Waals surface area (Å²) in [5.41, 5.74) is 8.48. The van der Waals surface area contributed by atoms with Crippen molar-refractivity contribution in [2.45, 2.75) is 18.9 Å². The molecule has 15 heavy (non-hydrogen) atoms. The molecule has 0 aromatic heterocycles. The summed E-state index contributed by atoms with van der Waals surface area (Å²) < 4.78 is 6.36. The molecule has 1 heterocycles. The topological polar surface area (TPSA) is 35.2 Å². The number of hydrogen-bond donors (Lipinski definition) is 1. The van der Waals surface area contributed by atoms with Gasteiger partial charge in [-0.25, -0.2) is 0 Å². The second-order valence-electron chi connectivity index (χ2n) is 3.70. The lowest BCUT2D eigenvalue weighted by molar-refractivity contribution is 0.221. The first-order valence-corrected chi connectivity index (χ1v) is 5.88. The average molecular weight is 268 g/mol. The van der Waals surface area contributed by atoms with Gasteiger partial charge in [-0.1, -0.05) is 28.1 Å². The number of benzene rings is 1. The molecule has 0 spiro atoms. The highest BCUT2D eigenvalue weighted by atomic mass is 79.9. The normalized spacial score (nSPS) is 17.9. The number of ether oxygens (including phenoxy) is 1. The van der Waals surface area contributed by atoms with Crippen LogP contribution in [0.15, 0.2) is 40.6 Å². The third-order valence-electron chi connectivity index (χ3n) is 2.57. The van der Waals surface area contributed by atoms with Crippen molar-refractivity contribution < 1.29 is 4.74 Å². The van der Waals surface area contributed by atoms with E-state index in [1.54, 1.807) is 0 Å². The van der Waals surface area contributed by atoms with Crippen LogP contribution >= 0.6 is 15.9 Å². The minimum absolute atomic E-state index is 0.0391. The molecule has 2 nitrogen and oxygen atoms in total. The standard InChI is InChI=1S/C12H14BrNO/c13-11-5-1-3-9(7-11)12(14)10-4-2-6-15-8-10/h1,3,5,7-8,12H,2,4,6,14H2. The molecule has 0 aliphatic carbocycles. The van der Waals surface area contributed by atoms with Crippen molar-refractivity contribution in [2.24, 2.45) is 5.73 Å². The molecule has 2 N–H and O–H groups in total. The van der Waals surface area contributed by atoms with Crippen LogP contribution in [0.1, 0.15) is 24.4 Å². The Bertz CT molecular complexity index is 376. The van der Waals surface area contributed by atoms with Gasteiger partial charge in [0.2, 0.25) is 0 Å². The summed E-state index contributed by atoms with van der Waals surface area (Å²) in [4.78, 5) is 0. The van der Waals surface area contributed by atoms with E-state index < -0.39 is 0 Å². The van der Waals surface area contributed by atoms with Gasteiger partial charge >= 0.3 is 0 Å². The lowest BCUT2D eigenvalue weighted by Gasteiger charge is -2.20. The molecule has 0 amide bonds. The summed E-state index contributed by atoms with van der Waals surface area (Å²) in [7, 11) is 0. The minimum Gasteiger partial charge on any atom is -0.501 e. The molecule has 1 aromatic carbocycles. The monoisotopic (exact) mass is 267 g/mol. The molecule has 3 heteroatoms. The third kappa shape index (κ3) is 2.61. The van der Waals surface area contributed by atoms with E-state index in [0.717, 1.165) is 29.5 Å². The Morgan fingerprint density at radius 1 is 1.40 bits per heavy atom. The Labute approximate surface area is 98.2 Å². The van der Waals surface area contributed by atoms with Gasteiger partial charge in [-0.2, -0.15) is 0 Å². The second-order valence-corrected chi connectivity index (χ2v) is 4.62. The molecule has 0 saturated carbocycles. The van der Waals surface area contributed by atoms with Gasteiger partial charge in [0.1, 0.15) is 0 Å². The summed E-state index contributed by atoms with van der Waals surface area (Å²) >= 11 is 3.45. The molecule has 1 aromatic rings. The molecule has 1 atom stereocenters. The molecular formula is C12H14BrNO. The highest BCUT2D eigenvalue weighted by molar-refractivity contribution is 9.10. The van der Waals surface area contributed by atoms with Crippen LogP contribution in [0.3, 0.4) is 0 Å². The maximum Gasteiger partial charge on any atom is 0.0876 e. The van der Waals surface area contributed by atoms with Crippen LogP contribution in [0.5, 0.6) is 0 Å². The fourth-order valence-electron chi connectivity index (χ4n) is 1.73. The Morgan fingerprint density at radius 2 is 2.27 bits per heavy atom. The maximum atomic E-state index is 6.17. The zero-order chi connectivity index (χ0) is 10.7. The van der Waals surface area contributed by atoms with Gasteiger partial charge in [-0.3, -0.25) is 0 Å². The fraction of sp³-hybridized carbons (Fsp3) is 0.333. The van der Waals surface area contributed by atoms with Crippen molar-refractivity contribution in [3.05, 3.63) is 46.1 Å². The van der Waals surface area contributed by atoms with Gasteiger partial charge in [-0.15, -0.1) is 0 Å². The van der Waals surface area contributed by atoms with Gasteiger partial charge in [-0.05, 0) is 36.1 Å². The van der Waals surface area contributed by atoms with E-state index in [0.29, 0.717) is 0 Å². The Hall–Kier alpha value is -0.800. The molecule has 80 valence electrons. The smallest absolute Gasteiger partial charge is 0.0876 e. The van der Waals surface area contributed by atoms with E-state index in [1.165, 1.54) is 5.57 Å². The summed E-state index contributed by atoms with van der Waals surface area (Å²) in [5, 5.41) is 0. The number of rotatable bonds is 2. The lowest BCUT2D eigenvalue weighted by Crippen LogP contribution is -2.16. The molecule has 1 unspecified atom stereocenters. The minimum atomic E-state index is -0.0391. The Morgan fingerprint density at radius 3 is 2.93 bits per heavy atom. The molecule has 0 radical (unpaired) electrons. The van der Waals surface area contributed by atoms with Crippen LogP contribution in [0.25, 0.3) is 0 Å². The number of nitrogens with two attached hydrogens (primary N) is 1. The molecule has 2 rings (SSSR count). The number of hydrogen-bond acceptors (Lipinski definition) is 2. The first-order chi connectivity index (χ1) is 7.27. The van der Waals surface area contributed by atoms with Gasteiger partial charge < -0.3 is 10.5 Å². The third-order valence-corrected chi connectivity index (χ3v) is 3.06. The van der Waals surface area contributed by atoms with Gasteiger partial charge in [0.05, 0.1) is 18.9 Å². The molecule has 1 aliphatic rings. The Balaban J connectivity index is 2.19. The van der Waals surface area contributed by atoms with Gasteiger partial charge in [0, 0.05) is 4.47 Å². The van der Waals surface area contributed by atoms with Crippen LogP contribution < -0.4 is 5.73 Å². The molecule has 0 fully saturated rings. The largest absolute Gasteiger partial charge is 0.501 e.